The van der Waals surface area contributed by atoms with Gasteiger partial charge in [0.2, 0.25) is 5.91 Å². The average Bonchev–Trinajstić information content (AvgIpc) is 2.30. The summed E-state index contributed by atoms with van der Waals surface area (Å²) in [4.78, 5) is 13.9. The van der Waals surface area contributed by atoms with E-state index in [4.69, 9.17) is 0 Å². The van der Waals surface area contributed by atoms with Gasteiger partial charge < -0.3 is 10.4 Å². The number of amides is 1. The number of β-amino-alcohol motifs (C(OH)–C–C–N with tert-alkyl or cyclic N) is 1. The van der Waals surface area contributed by atoms with Crippen LogP contribution in [0.15, 0.2) is 0 Å². The third-order valence-electron chi connectivity index (χ3n) is 3.72. The number of nitrogens with zero attached hydrogens (tertiary/aromatic N) is 1. The Bertz CT molecular complexity index is 263. The summed E-state index contributed by atoms with van der Waals surface area (Å²) in [6.45, 7) is 8.17. The second-order valence-corrected chi connectivity index (χ2v) is 5.55. The molecule has 0 aromatic heterocycles. The molecule has 1 unspecified atom stereocenters. The molecule has 1 aliphatic heterocycles. The Labute approximate surface area is 111 Å². The van der Waals surface area contributed by atoms with Crippen LogP contribution in [0.4, 0.5) is 0 Å². The first-order chi connectivity index (χ1) is 8.52. The van der Waals surface area contributed by atoms with E-state index in [1.165, 1.54) is 6.42 Å². The maximum absolute atomic E-state index is 11.9. The van der Waals surface area contributed by atoms with Crippen molar-refractivity contribution in [3.8, 4) is 0 Å². The number of nitrogens with one attached hydrogen (secondary N) is 1. The molecule has 0 spiro atoms. The van der Waals surface area contributed by atoms with Crippen LogP contribution in [0.3, 0.4) is 0 Å². The fourth-order valence-electron chi connectivity index (χ4n) is 2.51. The molecule has 0 saturated carbocycles. The fraction of sp³-hybridized carbons (Fsp3) is 0.929. The molecule has 1 saturated heterocycles. The zero-order chi connectivity index (χ0) is 13.6. The van der Waals surface area contributed by atoms with Crippen molar-refractivity contribution in [1.82, 2.24) is 10.2 Å². The summed E-state index contributed by atoms with van der Waals surface area (Å²) in [5.74, 6) is 0.0876. The van der Waals surface area contributed by atoms with Crippen molar-refractivity contribution in [2.24, 2.45) is 0 Å². The average molecular weight is 256 g/mol. The zero-order valence-electron chi connectivity index (χ0n) is 12.0. The van der Waals surface area contributed by atoms with Crippen LogP contribution in [0.5, 0.6) is 0 Å². The Morgan fingerprint density at radius 3 is 2.56 bits per heavy atom. The van der Waals surface area contributed by atoms with Gasteiger partial charge in [-0.15, -0.1) is 0 Å². The summed E-state index contributed by atoms with van der Waals surface area (Å²) in [6, 6.07) is -0.122. The lowest BCUT2D eigenvalue weighted by Gasteiger charge is -2.48. The van der Waals surface area contributed by atoms with Crippen molar-refractivity contribution in [1.29, 1.82) is 0 Å². The van der Waals surface area contributed by atoms with Crippen molar-refractivity contribution in [2.75, 3.05) is 19.6 Å². The first kappa shape index (κ1) is 15.4. The first-order valence-corrected chi connectivity index (χ1v) is 7.26. The number of aliphatic hydroxyl groups is 1. The fourth-order valence-corrected chi connectivity index (χ4v) is 2.51. The predicted octanol–water partition coefficient (Wildman–Crippen LogP) is 1.53. The molecule has 1 aliphatic rings. The molecule has 0 radical (unpaired) electrons. The summed E-state index contributed by atoms with van der Waals surface area (Å²) in [6.07, 6.45) is 5.20. The molecule has 106 valence electrons. The van der Waals surface area contributed by atoms with Crippen LogP contribution in [-0.4, -0.2) is 47.2 Å². The SMILES string of the molecule is CCCCCNC(=O)C(C)N1CC(O)(CCC)C1. The van der Waals surface area contributed by atoms with Crippen LogP contribution in [0, 0.1) is 0 Å². The number of carbonyl (C=O) groups is 1. The minimum atomic E-state index is -0.550. The number of rotatable bonds is 8. The summed E-state index contributed by atoms with van der Waals surface area (Å²) < 4.78 is 0. The van der Waals surface area contributed by atoms with E-state index in [-0.39, 0.29) is 11.9 Å². The lowest BCUT2D eigenvalue weighted by Crippen LogP contribution is -2.66. The van der Waals surface area contributed by atoms with Crippen molar-refractivity contribution in [2.45, 2.75) is 64.5 Å². The van der Waals surface area contributed by atoms with Gasteiger partial charge in [-0.05, 0) is 19.8 Å². The molecule has 18 heavy (non-hydrogen) atoms. The molecule has 0 bridgehead atoms. The number of carbonyl (C=O) groups excluding carboxylic acids is 1. The number of hydrogen-bond acceptors (Lipinski definition) is 3. The van der Waals surface area contributed by atoms with E-state index < -0.39 is 5.60 Å². The highest BCUT2D eigenvalue weighted by Crippen LogP contribution is 2.27. The van der Waals surface area contributed by atoms with Gasteiger partial charge in [0.25, 0.3) is 0 Å². The second-order valence-electron chi connectivity index (χ2n) is 5.55. The Morgan fingerprint density at radius 2 is 2.00 bits per heavy atom. The van der Waals surface area contributed by atoms with Gasteiger partial charge in [0.1, 0.15) is 0 Å². The lowest BCUT2D eigenvalue weighted by atomic mass is 9.88. The first-order valence-electron chi connectivity index (χ1n) is 7.26. The summed E-state index contributed by atoms with van der Waals surface area (Å²) in [7, 11) is 0. The van der Waals surface area contributed by atoms with Gasteiger partial charge in [-0.3, -0.25) is 9.69 Å². The molecule has 0 aromatic carbocycles. The molecule has 0 aromatic rings. The van der Waals surface area contributed by atoms with Crippen molar-refractivity contribution < 1.29 is 9.90 Å². The molecular weight excluding hydrogens is 228 g/mol. The largest absolute Gasteiger partial charge is 0.387 e. The molecule has 1 rings (SSSR count). The molecular formula is C14H28N2O2. The minimum Gasteiger partial charge on any atom is -0.387 e. The van der Waals surface area contributed by atoms with Crippen LogP contribution in [0.1, 0.15) is 52.9 Å². The van der Waals surface area contributed by atoms with Crippen LogP contribution in [-0.2, 0) is 4.79 Å². The van der Waals surface area contributed by atoms with E-state index in [9.17, 15) is 9.90 Å². The number of hydrogen-bond donors (Lipinski definition) is 2. The minimum absolute atomic E-state index is 0.0876. The normalized spacial score (nSPS) is 20.2. The highest BCUT2D eigenvalue weighted by Gasteiger charge is 2.43. The van der Waals surface area contributed by atoms with Crippen LogP contribution >= 0.6 is 0 Å². The third-order valence-corrected chi connectivity index (χ3v) is 3.72. The van der Waals surface area contributed by atoms with Crippen molar-refractivity contribution >= 4 is 5.91 Å². The Hall–Kier alpha value is -0.610. The number of likely N-dealkylation sites (tertiary alicyclic amines) is 1. The molecule has 1 fully saturated rings. The zero-order valence-corrected chi connectivity index (χ0v) is 12.0. The smallest absolute Gasteiger partial charge is 0.237 e. The lowest BCUT2D eigenvalue weighted by molar-refractivity contribution is -0.143. The Balaban J connectivity index is 2.21. The van der Waals surface area contributed by atoms with Gasteiger partial charge in [0.05, 0.1) is 11.6 Å². The van der Waals surface area contributed by atoms with Gasteiger partial charge in [-0.1, -0.05) is 33.1 Å². The monoisotopic (exact) mass is 256 g/mol. The Kier molecular flexibility index (Phi) is 6.09. The van der Waals surface area contributed by atoms with E-state index in [0.717, 1.165) is 32.2 Å². The summed E-state index contributed by atoms with van der Waals surface area (Å²) in [5.41, 5.74) is -0.550. The van der Waals surface area contributed by atoms with Crippen LogP contribution < -0.4 is 5.32 Å². The van der Waals surface area contributed by atoms with E-state index in [1.807, 2.05) is 11.8 Å². The molecule has 4 nitrogen and oxygen atoms in total. The predicted molar refractivity (Wildman–Crippen MR) is 73.4 cm³/mol. The van der Waals surface area contributed by atoms with Crippen molar-refractivity contribution in [3.05, 3.63) is 0 Å². The maximum atomic E-state index is 11.9. The van der Waals surface area contributed by atoms with E-state index in [2.05, 4.69) is 19.2 Å². The van der Waals surface area contributed by atoms with Crippen LogP contribution in [0.2, 0.25) is 0 Å². The van der Waals surface area contributed by atoms with Gasteiger partial charge in [-0.25, -0.2) is 0 Å². The molecule has 1 amide bonds. The Morgan fingerprint density at radius 1 is 1.33 bits per heavy atom. The maximum Gasteiger partial charge on any atom is 0.237 e. The van der Waals surface area contributed by atoms with Gasteiger partial charge >= 0.3 is 0 Å². The van der Waals surface area contributed by atoms with E-state index in [0.29, 0.717) is 13.1 Å². The van der Waals surface area contributed by atoms with Crippen LogP contribution in [0.25, 0.3) is 0 Å². The van der Waals surface area contributed by atoms with Gasteiger partial charge in [0.15, 0.2) is 0 Å². The second kappa shape index (κ2) is 7.10. The van der Waals surface area contributed by atoms with E-state index >= 15 is 0 Å². The standard InChI is InChI=1S/C14H28N2O2/c1-4-6-7-9-15-13(17)12(3)16-10-14(18,11-16)8-5-2/h12,18H,4-11H2,1-3H3,(H,15,17). The van der Waals surface area contributed by atoms with Gasteiger partial charge in [-0.2, -0.15) is 0 Å². The molecule has 4 heteroatoms. The quantitative estimate of drug-likeness (QED) is 0.648. The highest BCUT2D eigenvalue weighted by molar-refractivity contribution is 5.81. The summed E-state index contributed by atoms with van der Waals surface area (Å²) >= 11 is 0. The van der Waals surface area contributed by atoms with E-state index in [1.54, 1.807) is 0 Å². The van der Waals surface area contributed by atoms with Gasteiger partial charge in [0, 0.05) is 19.6 Å². The molecule has 1 heterocycles. The number of unbranched alkanes of at least 4 members (excludes halogenated alkanes) is 2. The molecule has 2 N–H and O–H groups in total. The molecule has 1 atom stereocenters. The topological polar surface area (TPSA) is 52.6 Å². The molecule has 0 aliphatic carbocycles. The van der Waals surface area contributed by atoms with Crippen molar-refractivity contribution in [3.63, 3.8) is 0 Å². The highest BCUT2D eigenvalue weighted by atomic mass is 16.3. The summed E-state index contributed by atoms with van der Waals surface area (Å²) in [5, 5.41) is 13.0. The third kappa shape index (κ3) is 4.25.